The molecule has 0 aliphatic heterocycles. The Labute approximate surface area is 99.4 Å². The summed E-state index contributed by atoms with van der Waals surface area (Å²) in [6.45, 7) is 5.88. The van der Waals surface area contributed by atoms with E-state index in [2.05, 4.69) is 18.7 Å². The zero-order valence-electron chi connectivity index (χ0n) is 10.7. The van der Waals surface area contributed by atoms with Gasteiger partial charge in [0.1, 0.15) is 0 Å². The fraction of sp³-hybridized carbons (Fsp3) is 0.923. The molecule has 0 unspecified atom stereocenters. The molecular weight excluding hydrogens is 200 g/mol. The summed E-state index contributed by atoms with van der Waals surface area (Å²) in [4.78, 5) is 14.2. The van der Waals surface area contributed by atoms with Crippen molar-refractivity contribution in [1.82, 2.24) is 4.90 Å². The summed E-state index contributed by atoms with van der Waals surface area (Å²) in [5.41, 5.74) is 5.52. The topological polar surface area (TPSA) is 46.3 Å². The van der Waals surface area contributed by atoms with E-state index in [1.165, 1.54) is 19.3 Å². The molecule has 3 nitrogen and oxygen atoms in total. The van der Waals surface area contributed by atoms with E-state index < -0.39 is 0 Å². The molecule has 1 rings (SSSR count). The average molecular weight is 226 g/mol. The van der Waals surface area contributed by atoms with Gasteiger partial charge in [-0.05, 0) is 44.6 Å². The highest BCUT2D eigenvalue weighted by molar-refractivity contribution is 5.76. The predicted molar refractivity (Wildman–Crippen MR) is 67.1 cm³/mol. The van der Waals surface area contributed by atoms with E-state index in [4.69, 9.17) is 5.73 Å². The van der Waals surface area contributed by atoms with E-state index in [1.807, 2.05) is 0 Å². The monoisotopic (exact) mass is 226 g/mol. The highest BCUT2D eigenvalue weighted by atomic mass is 16.2. The molecule has 0 bridgehead atoms. The number of hydrogen-bond acceptors (Lipinski definition) is 2. The molecule has 1 fully saturated rings. The van der Waals surface area contributed by atoms with E-state index in [9.17, 15) is 4.79 Å². The predicted octanol–water partition coefficient (Wildman–Crippen LogP) is 2.15. The van der Waals surface area contributed by atoms with Crippen molar-refractivity contribution in [2.45, 2.75) is 58.4 Å². The lowest BCUT2D eigenvalue weighted by molar-refractivity contribution is -0.135. The second-order valence-electron chi connectivity index (χ2n) is 5.25. The maximum Gasteiger partial charge on any atom is 0.222 e. The zero-order valence-corrected chi connectivity index (χ0v) is 10.7. The molecule has 0 heterocycles. The number of amides is 1. The Balaban J connectivity index is 2.37. The molecule has 2 N–H and O–H groups in total. The summed E-state index contributed by atoms with van der Waals surface area (Å²) in [7, 11) is 0. The van der Waals surface area contributed by atoms with Crippen LogP contribution in [0.5, 0.6) is 0 Å². The third-order valence-electron chi connectivity index (χ3n) is 3.37. The highest BCUT2D eigenvalue weighted by Crippen LogP contribution is 2.25. The maximum absolute atomic E-state index is 12.1. The Bertz CT molecular complexity index is 212. The number of nitrogens with two attached hydrogens (primary N) is 1. The van der Waals surface area contributed by atoms with Crippen molar-refractivity contribution in [2.75, 3.05) is 13.1 Å². The van der Waals surface area contributed by atoms with Crippen molar-refractivity contribution in [3.05, 3.63) is 0 Å². The minimum absolute atomic E-state index is 0.340. The zero-order chi connectivity index (χ0) is 12.0. The van der Waals surface area contributed by atoms with E-state index >= 15 is 0 Å². The van der Waals surface area contributed by atoms with Crippen LogP contribution in [-0.2, 0) is 4.79 Å². The lowest BCUT2D eigenvalue weighted by atomic mass is 9.90. The van der Waals surface area contributed by atoms with Gasteiger partial charge in [0.05, 0.1) is 0 Å². The Morgan fingerprint density at radius 2 is 2.12 bits per heavy atom. The maximum atomic E-state index is 12.1. The van der Waals surface area contributed by atoms with E-state index in [0.717, 1.165) is 19.4 Å². The molecule has 0 spiro atoms. The number of rotatable bonds is 7. The fourth-order valence-electron chi connectivity index (χ4n) is 2.03. The van der Waals surface area contributed by atoms with Crippen LogP contribution in [0.2, 0.25) is 0 Å². The van der Waals surface area contributed by atoms with Crippen molar-refractivity contribution >= 4 is 5.91 Å². The Hall–Kier alpha value is -0.570. The largest absolute Gasteiger partial charge is 0.340 e. The van der Waals surface area contributed by atoms with Crippen molar-refractivity contribution < 1.29 is 4.79 Å². The lowest BCUT2D eigenvalue weighted by Crippen LogP contribution is -2.45. The first-order chi connectivity index (χ1) is 7.65. The highest BCUT2D eigenvalue weighted by Gasteiger charge is 2.27. The minimum atomic E-state index is 0.340. The van der Waals surface area contributed by atoms with Crippen LogP contribution in [0.4, 0.5) is 0 Å². The van der Waals surface area contributed by atoms with Gasteiger partial charge in [0.15, 0.2) is 0 Å². The lowest BCUT2D eigenvalue weighted by Gasteiger charge is -2.38. The van der Waals surface area contributed by atoms with Crippen LogP contribution in [0.1, 0.15) is 52.4 Å². The van der Waals surface area contributed by atoms with E-state index in [0.29, 0.717) is 30.8 Å². The number of hydrogen-bond donors (Lipinski definition) is 1. The van der Waals surface area contributed by atoms with Crippen LogP contribution in [-0.4, -0.2) is 29.9 Å². The normalized spacial score (nSPS) is 16.2. The van der Waals surface area contributed by atoms with Crippen LogP contribution in [0.3, 0.4) is 0 Å². The van der Waals surface area contributed by atoms with Crippen LogP contribution >= 0.6 is 0 Å². The Morgan fingerprint density at radius 1 is 1.44 bits per heavy atom. The van der Waals surface area contributed by atoms with Gasteiger partial charge >= 0.3 is 0 Å². The second kappa shape index (κ2) is 6.89. The third-order valence-corrected chi connectivity index (χ3v) is 3.37. The Kier molecular flexibility index (Phi) is 5.81. The molecule has 0 aromatic carbocycles. The van der Waals surface area contributed by atoms with Crippen molar-refractivity contribution in [3.63, 3.8) is 0 Å². The molecule has 1 aliphatic carbocycles. The van der Waals surface area contributed by atoms with Crippen LogP contribution in [0.15, 0.2) is 0 Å². The van der Waals surface area contributed by atoms with E-state index in [1.54, 1.807) is 0 Å². The molecule has 0 aromatic rings. The fourth-order valence-corrected chi connectivity index (χ4v) is 2.03. The first-order valence-electron chi connectivity index (χ1n) is 6.64. The second-order valence-corrected chi connectivity index (χ2v) is 5.25. The summed E-state index contributed by atoms with van der Waals surface area (Å²) in [6, 6.07) is 0.520. The molecular formula is C13H26N2O. The molecule has 0 radical (unpaired) electrons. The van der Waals surface area contributed by atoms with Gasteiger partial charge in [-0.25, -0.2) is 0 Å². The number of carbonyl (C=O) groups is 1. The quantitative estimate of drug-likeness (QED) is 0.723. The summed E-state index contributed by atoms with van der Waals surface area (Å²) >= 11 is 0. The summed E-state index contributed by atoms with van der Waals surface area (Å²) in [6.07, 6.45) is 6.31. The van der Waals surface area contributed by atoms with Gasteiger partial charge in [-0.3, -0.25) is 4.79 Å². The van der Waals surface area contributed by atoms with Crippen molar-refractivity contribution in [2.24, 2.45) is 11.7 Å². The molecule has 3 heteroatoms. The van der Waals surface area contributed by atoms with Gasteiger partial charge in [-0.15, -0.1) is 0 Å². The first kappa shape index (κ1) is 13.5. The van der Waals surface area contributed by atoms with Crippen LogP contribution in [0, 0.1) is 5.92 Å². The van der Waals surface area contributed by atoms with Gasteiger partial charge in [0.25, 0.3) is 0 Å². The van der Waals surface area contributed by atoms with Gasteiger partial charge in [-0.1, -0.05) is 13.8 Å². The van der Waals surface area contributed by atoms with Gasteiger partial charge in [-0.2, -0.15) is 0 Å². The van der Waals surface area contributed by atoms with Crippen molar-refractivity contribution in [1.29, 1.82) is 0 Å². The van der Waals surface area contributed by atoms with Crippen molar-refractivity contribution in [3.8, 4) is 0 Å². The molecule has 0 aromatic heterocycles. The SMILES string of the molecule is CC(C)CCC(=O)N(CCCN)C1CCC1. The average Bonchev–Trinajstić information content (AvgIpc) is 2.17. The Morgan fingerprint density at radius 3 is 2.56 bits per heavy atom. The molecule has 94 valence electrons. The van der Waals surface area contributed by atoms with Gasteiger partial charge in [0.2, 0.25) is 5.91 Å². The summed E-state index contributed by atoms with van der Waals surface area (Å²) in [5, 5.41) is 0. The van der Waals surface area contributed by atoms with Gasteiger partial charge in [0, 0.05) is 19.0 Å². The van der Waals surface area contributed by atoms with E-state index in [-0.39, 0.29) is 0 Å². The number of carbonyl (C=O) groups excluding carboxylic acids is 1. The van der Waals surface area contributed by atoms with Crippen LogP contribution in [0.25, 0.3) is 0 Å². The third kappa shape index (κ3) is 4.12. The molecule has 1 saturated carbocycles. The van der Waals surface area contributed by atoms with Crippen LogP contribution < -0.4 is 5.73 Å². The molecule has 1 aliphatic rings. The molecule has 16 heavy (non-hydrogen) atoms. The standard InChI is InChI=1S/C13H26N2O/c1-11(2)7-8-13(16)15(10-4-9-14)12-5-3-6-12/h11-12H,3-10,14H2,1-2H3. The summed E-state index contributed by atoms with van der Waals surface area (Å²) in [5.74, 6) is 0.952. The summed E-state index contributed by atoms with van der Waals surface area (Å²) < 4.78 is 0. The minimum Gasteiger partial charge on any atom is -0.340 e. The van der Waals surface area contributed by atoms with Gasteiger partial charge < -0.3 is 10.6 Å². The molecule has 0 saturated heterocycles. The first-order valence-corrected chi connectivity index (χ1v) is 6.64. The smallest absolute Gasteiger partial charge is 0.222 e. The number of nitrogens with zero attached hydrogens (tertiary/aromatic N) is 1. The molecule has 0 atom stereocenters. The molecule has 1 amide bonds.